The van der Waals surface area contributed by atoms with Gasteiger partial charge in [-0.1, -0.05) is 42.5 Å². The third-order valence-electron chi connectivity index (χ3n) is 4.83. The Bertz CT molecular complexity index is 933. The van der Waals surface area contributed by atoms with Crippen LogP contribution in [0, 0.1) is 0 Å². The van der Waals surface area contributed by atoms with Crippen LogP contribution < -0.4 is 0 Å². The van der Waals surface area contributed by atoms with Crippen molar-refractivity contribution < 1.29 is 14.3 Å². The number of hydrogen-bond donors (Lipinski definition) is 1. The number of carbonyl (C=O) groups is 2. The molecule has 2 heterocycles. The highest BCUT2D eigenvalue weighted by Crippen LogP contribution is 2.24. The topological polar surface area (TPSA) is 62.4 Å². The minimum Gasteiger partial charge on any atom is -0.445 e. The monoisotopic (exact) mass is 348 g/mol. The van der Waals surface area contributed by atoms with E-state index in [1.54, 1.807) is 4.90 Å². The van der Waals surface area contributed by atoms with Crippen LogP contribution in [-0.2, 0) is 11.3 Å². The number of ether oxygens (including phenoxy) is 1. The van der Waals surface area contributed by atoms with E-state index in [9.17, 15) is 9.59 Å². The van der Waals surface area contributed by atoms with E-state index in [4.69, 9.17) is 4.74 Å². The van der Waals surface area contributed by atoms with Crippen molar-refractivity contribution in [1.82, 2.24) is 9.88 Å². The molecule has 0 aliphatic carbocycles. The van der Waals surface area contributed by atoms with E-state index in [0.717, 1.165) is 22.9 Å². The number of fused-ring (bicyclic) bond motifs is 1. The Morgan fingerprint density at radius 2 is 1.96 bits per heavy atom. The Balaban J connectivity index is 1.46. The van der Waals surface area contributed by atoms with Gasteiger partial charge in [-0.3, -0.25) is 9.69 Å². The van der Waals surface area contributed by atoms with Crippen LogP contribution >= 0.6 is 0 Å². The summed E-state index contributed by atoms with van der Waals surface area (Å²) in [6.45, 7) is 0.764. The molecule has 2 aromatic carbocycles. The molecule has 1 N–H and O–H groups in total. The van der Waals surface area contributed by atoms with E-state index in [1.165, 1.54) is 0 Å². The summed E-state index contributed by atoms with van der Waals surface area (Å²) in [5.74, 6) is -0.0318. The fourth-order valence-electron chi connectivity index (χ4n) is 3.45. The Morgan fingerprint density at radius 1 is 1.12 bits per heavy atom. The number of carbonyl (C=O) groups excluding carboxylic acids is 2. The lowest BCUT2D eigenvalue weighted by Crippen LogP contribution is -2.40. The van der Waals surface area contributed by atoms with Crippen LogP contribution in [0.15, 0.2) is 60.8 Å². The van der Waals surface area contributed by atoms with Crippen molar-refractivity contribution in [1.29, 1.82) is 0 Å². The number of nitrogens with one attached hydrogen (secondary N) is 1. The molecule has 0 saturated carbocycles. The SMILES string of the molecule is O=C(c1ccc2cc[nH]c2c1)C1CCCN1C(=O)OCc1ccccc1. The first kappa shape index (κ1) is 16.4. The molecule has 0 spiro atoms. The molecule has 5 nitrogen and oxygen atoms in total. The van der Waals surface area contributed by atoms with E-state index in [1.807, 2.05) is 60.8 Å². The molecule has 1 fully saturated rings. The van der Waals surface area contributed by atoms with Gasteiger partial charge in [0.05, 0.1) is 6.04 Å². The number of amides is 1. The first-order chi connectivity index (χ1) is 12.7. The van der Waals surface area contributed by atoms with E-state index < -0.39 is 12.1 Å². The number of aromatic amines is 1. The number of ketones is 1. The quantitative estimate of drug-likeness (QED) is 0.721. The smallest absolute Gasteiger partial charge is 0.410 e. The molecular weight excluding hydrogens is 328 g/mol. The zero-order chi connectivity index (χ0) is 17.9. The van der Waals surface area contributed by atoms with Crippen molar-refractivity contribution in [2.45, 2.75) is 25.5 Å². The Hall–Kier alpha value is -3.08. The average molecular weight is 348 g/mol. The third-order valence-corrected chi connectivity index (χ3v) is 4.83. The number of H-pyrrole nitrogens is 1. The van der Waals surface area contributed by atoms with Crippen LogP contribution in [0.1, 0.15) is 28.8 Å². The van der Waals surface area contributed by atoms with Crippen molar-refractivity contribution in [3.63, 3.8) is 0 Å². The van der Waals surface area contributed by atoms with E-state index in [2.05, 4.69) is 4.98 Å². The Labute approximate surface area is 151 Å². The maximum Gasteiger partial charge on any atom is 0.410 e. The molecule has 4 rings (SSSR count). The predicted molar refractivity (Wildman–Crippen MR) is 99.0 cm³/mol. The van der Waals surface area contributed by atoms with Crippen LogP contribution in [0.25, 0.3) is 10.9 Å². The summed E-state index contributed by atoms with van der Waals surface area (Å²) in [6.07, 6.45) is 2.90. The highest BCUT2D eigenvalue weighted by Gasteiger charge is 2.35. The lowest BCUT2D eigenvalue weighted by molar-refractivity contribution is 0.0738. The van der Waals surface area contributed by atoms with E-state index in [-0.39, 0.29) is 12.4 Å². The number of benzene rings is 2. The van der Waals surface area contributed by atoms with Gasteiger partial charge in [-0.15, -0.1) is 0 Å². The first-order valence-electron chi connectivity index (χ1n) is 8.81. The van der Waals surface area contributed by atoms with Gasteiger partial charge in [0.25, 0.3) is 0 Å². The van der Waals surface area contributed by atoms with Crippen molar-refractivity contribution in [2.75, 3.05) is 6.54 Å². The fourth-order valence-corrected chi connectivity index (χ4v) is 3.45. The number of rotatable bonds is 4. The second kappa shape index (κ2) is 7.04. The van der Waals surface area contributed by atoms with E-state index >= 15 is 0 Å². The molecule has 3 aromatic rings. The lowest BCUT2D eigenvalue weighted by atomic mass is 10.0. The first-order valence-corrected chi connectivity index (χ1v) is 8.81. The van der Waals surface area contributed by atoms with Gasteiger partial charge < -0.3 is 9.72 Å². The Kier molecular flexibility index (Phi) is 4.44. The van der Waals surface area contributed by atoms with Gasteiger partial charge in [0, 0.05) is 23.8 Å². The van der Waals surface area contributed by atoms with Gasteiger partial charge >= 0.3 is 6.09 Å². The predicted octanol–water partition coefficient (Wildman–Crippen LogP) is 4.15. The second-order valence-corrected chi connectivity index (χ2v) is 6.54. The second-order valence-electron chi connectivity index (χ2n) is 6.54. The summed E-state index contributed by atoms with van der Waals surface area (Å²) in [4.78, 5) is 30.1. The maximum atomic E-state index is 12.9. The summed E-state index contributed by atoms with van der Waals surface area (Å²) in [7, 11) is 0. The largest absolute Gasteiger partial charge is 0.445 e. The van der Waals surface area contributed by atoms with Crippen LogP contribution in [0.3, 0.4) is 0 Å². The van der Waals surface area contributed by atoms with Crippen LogP contribution in [0.5, 0.6) is 0 Å². The Morgan fingerprint density at radius 3 is 2.81 bits per heavy atom. The number of aromatic nitrogens is 1. The maximum absolute atomic E-state index is 12.9. The molecule has 1 aromatic heterocycles. The zero-order valence-corrected chi connectivity index (χ0v) is 14.4. The van der Waals surface area contributed by atoms with Crippen LogP contribution in [0.2, 0.25) is 0 Å². The van der Waals surface area contributed by atoms with Gasteiger partial charge in [-0.2, -0.15) is 0 Å². The molecule has 1 amide bonds. The number of likely N-dealkylation sites (tertiary alicyclic amines) is 1. The number of hydrogen-bond acceptors (Lipinski definition) is 3. The molecule has 1 aliphatic rings. The molecule has 1 saturated heterocycles. The molecule has 26 heavy (non-hydrogen) atoms. The minimum atomic E-state index is -0.453. The molecule has 1 aliphatic heterocycles. The molecule has 132 valence electrons. The number of nitrogens with zero attached hydrogens (tertiary/aromatic N) is 1. The van der Waals surface area contributed by atoms with E-state index in [0.29, 0.717) is 18.5 Å². The van der Waals surface area contributed by atoms with Gasteiger partial charge in [0.2, 0.25) is 0 Å². The fraction of sp³-hybridized carbons (Fsp3) is 0.238. The molecule has 1 atom stereocenters. The zero-order valence-electron chi connectivity index (χ0n) is 14.4. The summed E-state index contributed by atoms with van der Waals surface area (Å²) >= 11 is 0. The van der Waals surface area contributed by atoms with Crippen molar-refractivity contribution >= 4 is 22.8 Å². The van der Waals surface area contributed by atoms with Crippen molar-refractivity contribution in [2.24, 2.45) is 0 Å². The molecule has 1 unspecified atom stereocenters. The van der Waals surface area contributed by atoms with Crippen LogP contribution in [-0.4, -0.2) is 34.3 Å². The summed E-state index contributed by atoms with van der Waals surface area (Å²) in [5.41, 5.74) is 2.47. The highest BCUT2D eigenvalue weighted by molar-refractivity contribution is 6.04. The molecule has 0 radical (unpaired) electrons. The van der Waals surface area contributed by atoms with Crippen molar-refractivity contribution in [3.05, 3.63) is 71.9 Å². The van der Waals surface area contributed by atoms with Crippen molar-refractivity contribution in [3.8, 4) is 0 Å². The van der Waals surface area contributed by atoms with Gasteiger partial charge in [0.1, 0.15) is 6.61 Å². The lowest BCUT2D eigenvalue weighted by Gasteiger charge is -2.23. The summed E-state index contributed by atoms with van der Waals surface area (Å²) in [6, 6.07) is 16.7. The average Bonchev–Trinajstić information content (AvgIpc) is 3.35. The summed E-state index contributed by atoms with van der Waals surface area (Å²) < 4.78 is 5.41. The van der Waals surface area contributed by atoms with Crippen LogP contribution in [0.4, 0.5) is 4.79 Å². The summed E-state index contributed by atoms with van der Waals surface area (Å²) in [5, 5.41) is 1.06. The minimum absolute atomic E-state index is 0.0318. The van der Waals surface area contributed by atoms with Gasteiger partial charge in [-0.05, 0) is 35.9 Å². The molecule has 5 heteroatoms. The van der Waals surface area contributed by atoms with Gasteiger partial charge in [0.15, 0.2) is 5.78 Å². The highest BCUT2D eigenvalue weighted by atomic mass is 16.6. The van der Waals surface area contributed by atoms with Gasteiger partial charge in [-0.25, -0.2) is 4.79 Å². The number of Topliss-reactive ketones (excluding diaryl/α,β-unsaturated/α-hetero) is 1. The normalized spacial score (nSPS) is 16.8. The third kappa shape index (κ3) is 3.20. The molecule has 0 bridgehead atoms. The molecular formula is C21H20N2O3. The standard InChI is InChI=1S/C21H20N2O3/c24-20(17-9-8-16-10-11-22-18(16)13-17)19-7-4-12-23(19)21(25)26-14-15-5-2-1-3-6-15/h1-3,5-6,8-11,13,19,22H,4,7,12,14H2.